The molecule has 9 nitrogen and oxygen atoms in total. The molecule has 0 fully saturated rings. The summed E-state index contributed by atoms with van der Waals surface area (Å²) in [4.78, 5) is 10.7. The fourth-order valence-corrected chi connectivity index (χ4v) is 8.61. The van der Waals surface area contributed by atoms with Crippen molar-refractivity contribution in [1.29, 1.82) is 0 Å². The van der Waals surface area contributed by atoms with Crippen molar-refractivity contribution in [1.82, 2.24) is 8.28 Å². The first-order valence-electron chi connectivity index (χ1n) is 14.2. The summed E-state index contributed by atoms with van der Waals surface area (Å²) in [5, 5.41) is 11.9. The molecule has 0 spiro atoms. The topological polar surface area (TPSA) is 120 Å². The van der Waals surface area contributed by atoms with E-state index in [-0.39, 0.29) is 41.4 Å². The van der Waals surface area contributed by atoms with Crippen LogP contribution < -0.4 is 0 Å². The number of nitrogens with zero attached hydrogens (tertiary/aromatic N) is 3. The molecule has 4 aromatic carbocycles. The fraction of sp³-hybridized carbons (Fsp3) is 0.118. The van der Waals surface area contributed by atoms with Gasteiger partial charge in [0.15, 0.2) is 0 Å². The first kappa shape index (κ1) is 30.2. The molecule has 0 saturated heterocycles. The number of allylic oxidation sites excluding steroid dienone is 1. The monoisotopic (exact) mass is 639 g/mol. The minimum absolute atomic E-state index is 0.0241. The van der Waals surface area contributed by atoms with Crippen LogP contribution in [0.3, 0.4) is 0 Å². The van der Waals surface area contributed by atoms with Crippen molar-refractivity contribution in [2.24, 2.45) is 0 Å². The van der Waals surface area contributed by atoms with Crippen molar-refractivity contribution in [3.8, 4) is 0 Å². The first-order chi connectivity index (χ1) is 21.7. The molecule has 0 unspecified atom stereocenters. The Morgan fingerprint density at radius 2 is 1.33 bits per heavy atom. The molecular weight excluding hydrogens is 611 g/mol. The zero-order valence-electron chi connectivity index (χ0n) is 24.1. The van der Waals surface area contributed by atoms with E-state index in [1.165, 1.54) is 32.5 Å². The summed E-state index contributed by atoms with van der Waals surface area (Å²) < 4.78 is 59.0. The molecule has 1 aromatic heterocycles. The summed E-state index contributed by atoms with van der Waals surface area (Å²) in [6.07, 6.45) is 6.10. The molecule has 45 heavy (non-hydrogen) atoms. The van der Waals surface area contributed by atoms with Gasteiger partial charge in [0, 0.05) is 42.7 Å². The second-order valence-electron chi connectivity index (χ2n) is 10.6. The second kappa shape index (κ2) is 12.3. The third kappa shape index (κ3) is 5.97. The molecular formula is C34H29N3O6S2. The predicted octanol–water partition coefficient (Wildman–Crippen LogP) is 6.22. The summed E-state index contributed by atoms with van der Waals surface area (Å²) >= 11 is 0. The van der Waals surface area contributed by atoms with Gasteiger partial charge in [-0.1, -0.05) is 85.0 Å². The molecule has 0 N–H and O–H groups in total. The van der Waals surface area contributed by atoms with Crippen molar-refractivity contribution in [2.75, 3.05) is 13.1 Å². The minimum Gasteiger partial charge on any atom is -0.258 e. The van der Waals surface area contributed by atoms with Gasteiger partial charge in [0.05, 0.1) is 20.2 Å². The largest absolute Gasteiger partial charge is 0.269 e. The van der Waals surface area contributed by atoms with Gasteiger partial charge in [0.2, 0.25) is 10.0 Å². The summed E-state index contributed by atoms with van der Waals surface area (Å²) in [5.41, 5.74) is 3.22. The lowest BCUT2D eigenvalue weighted by molar-refractivity contribution is -0.384. The molecule has 0 atom stereocenters. The van der Waals surface area contributed by atoms with E-state index in [0.29, 0.717) is 16.8 Å². The molecule has 228 valence electrons. The molecule has 0 saturated carbocycles. The van der Waals surface area contributed by atoms with Crippen LogP contribution in [0, 0.1) is 10.1 Å². The van der Waals surface area contributed by atoms with Crippen LogP contribution in [0.4, 0.5) is 5.69 Å². The minimum atomic E-state index is -4.09. The Hall–Kier alpha value is -4.84. The Labute approximate surface area is 261 Å². The first-order valence-corrected chi connectivity index (χ1v) is 17.1. The van der Waals surface area contributed by atoms with Gasteiger partial charge >= 0.3 is 0 Å². The fourth-order valence-electron chi connectivity index (χ4n) is 5.58. The van der Waals surface area contributed by atoms with Gasteiger partial charge in [-0.15, -0.1) is 0 Å². The normalized spacial score (nSPS) is 16.0. The third-order valence-corrected chi connectivity index (χ3v) is 11.5. The second-order valence-corrected chi connectivity index (χ2v) is 14.3. The highest BCUT2D eigenvalue weighted by atomic mass is 32.2. The number of hydrogen-bond acceptors (Lipinski definition) is 6. The average molecular weight is 640 g/mol. The number of sulfonamides is 1. The van der Waals surface area contributed by atoms with E-state index in [1.807, 2.05) is 60.7 Å². The highest BCUT2D eigenvalue weighted by Gasteiger charge is 2.30. The van der Waals surface area contributed by atoms with E-state index in [1.54, 1.807) is 42.5 Å². The number of nitro benzene ring substituents is 1. The third-order valence-electron chi connectivity index (χ3n) is 7.83. The van der Waals surface area contributed by atoms with Gasteiger partial charge in [-0.2, -0.15) is 4.31 Å². The Kier molecular flexibility index (Phi) is 8.24. The maximum atomic E-state index is 14.1. The van der Waals surface area contributed by atoms with Gasteiger partial charge in [0.25, 0.3) is 15.7 Å². The van der Waals surface area contributed by atoms with Gasteiger partial charge in [0.1, 0.15) is 0 Å². The van der Waals surface area contributed by atoms with E-state index < -0.39 is 25.0 Å². The molecule has 0 bridgehead atoms. The lowest BCUT2D eigenvalue weighted by Gasteiger charge is -2.22. The summed E-state index contributed by atoms with van der Waals surface area (Å²) in [5.74, 6) is 0. The van der Waals surface area contributed by atoms with Crippen LogP contribution in [-0.2, 0) is 32.9 Å². The summed E-state index contributed by atoms with van der Waals surface area (Å²) in [6.45, 7) is 0.0819. The van der Waals surface area contributed by atoms with Crippen LogP contribution >= 0.6 is 0 Å². The van der Waals surface area contributed by atoms with E-state index in [0.717, 1.165) is 16.5 Å². The lowest BCUT2D eigenvalue weighted by atomic mass is 10.1. The molecule has 0 radical (unpaired) electrons. The van der Waals surface area contributed by atoms with Crippen LogP contribution in [0.5, 0.6) is 0 Å². The number of hydrogen-bond donors (Lipinski definition) is 0. The number of nitro groups is 1. The molecule has 0 amide bonds. The smallest absolute Gasteiger partial charge is 0.258 e. The van der Waals surface area contributed by atoms with Crippen LogP contribution in [0.25, 0.3) is 17.0 Å². The van der Waals surface area contributed by atoms with Crippen LogP contribution in [0.15, 0.2) is 137 Å². The number of para-hydroxylation sites is 1. The van der Waals surface area contributed by atoms with Gasteiger partial charge in [-0.3, -0.25) is 10.1 Å². The zero-order valence-corrected chi connectivity index (χ0v) is 25.7. The molecule has 11 heteroatoms. The highest BCUT2D eigenvalue weighted by molar-refractivity contribution is 7.90. The maximum Gasteiger partial charge on any atom is 0.269 e. The Bertz CT molecular complexity index is 2160. The van der Waals surface area contributed by atoms with Crippen LogP contribution in [0.1, 0.15) is 16.8 Å². The standard InChI is InChI=1S/C34H29N3O6S2/c38-37(39)28-18-20-30(21-19-28)44(40,41)35-24-23-32-31-13-7-8-14-33(31)36(45(42,43)29-11-5-2-6-12-29)34(32)22-17-27(25-35)16-15-26-9-3-1-4-10-26/h1-21H,22-25H2/b16-15+,27-17-. The SMILES string of the molecule is O=[N+]([O-])c1ccc(S(=O)(=O)N2CCc3c(n(S(=O)(=O)c4ccccc4)c4ccccc34)C/C=C(/C=C/c3ccccc3)C2)cc1. The lowest BCUT2D eigenvalue weighted by Crippen LogP contribution is -2.34. The van der Waals surface area contributed by atoms with Crippen molar-refractivity contribution in [2.45, 2.75) is 22.6 Å². The van der Waals surface area contributed by atoms with Crippen LogP contribution in [-0.4, -0.2) is 43.1 Å². The van der Waals surface area contributed by atoms with Crippen molar-refractivity contribution in [3.05, 3.63) is 154 Å². The predicted molar refractivity (Wildman–Crippen MR) is 174 cm³/mol. The summed E-state index contributed by atoms with van der Waals surface area (Å²) in [6, 6.07) is 29.9. The van der Waals surface area contributed by atoms with Gasteiger partial charge in [-0.05, 0) is 53.5 Å². The van der Waals surface area contributed by atoms with E-state index in [4.69, 9.17) is 0 Å². The maximum absolute atomic E-state index is 14.1. The van der Waals surface area contributed by atoms with Crippen molar-refractivity contribution >= 4 is 42.7 Å². The molecule has 0 aliphatic carbocycles. The van der Waals surface area contributed by atoms with E-state index >= 15 is 0 Å². The highest BCUT2D eigenvalue weighted by Crippen LogP contribution is 2.33. The van der Waals surface area contributed by atoms with E-state index in [2.05, 4.69) is 0 Å². The Morgan fingerprint density at radius 1 is 0.711 bits per heavy atom. The van der Waals surface area contributed by atoms with Crippen molar-refractivity contribution < 1.29 is 21.8 Å². The molecule has 1 aliphatic rings. The summed E-state index contributed by atoms with van der Waals surface area (Å²) in [7, 11) is -8.08. The number of fused-ring (bicyclic) bond motifs is 3. The average Bonchev–Trinajstić information content (AvgIpc) is 3.42. The Morgan fingerprint density at radius 3 is 2.02 bits per heavy atom. The molecule has 5 aromatic rings. The zero-order chi connectivity index (χ0) is 31.6. The molecule has 6 rings (SSSR count). The molecule has 1 aliphatic heterocycles. The Balaban J connectivity index is 1.50. The number of non-ortho nitro benzene ring substituents is 1. The van der Waals surface area contributed by atoms with Gasteiger partial charge < -0.3 is 0 Å². The van der Waals surface area contributed by atoms with Gasteiger partial charge in [-0.25, -0.2) is 20.8 Å². The molecule has 2 heterocycles. The van der Waals surface area contributed by atoms with Crippen molar-refractivity contribution in [3.63, 3.8) is 0 Å². The van der Waals surface area contributed by atoms with Crippen LogP contribution in [0.2, 0.25) is 0 Å². The number of rotatable bonds is 7. The number of aromatic nitrogens is 1. The number of benzene rings is 4. The quantitative estimate of drug-likeness (QED) is 0.154. The van der Waals surface area contributed by atoms with E-state index in [9.17, 15) is 26.9 Å².